The van der Waals surface area contributed by atoms with Gasteiger partial charge >= 0.3 is 0 Å². The molecule has 2 heteroatoms. The molecule has 0 fully saturated rings. The zero-order valence-corrected chi connectivity index (χ0v) is 8.35. The van der Waals surface area contributed by atoms with Crippen LogP contribution in [0.4, 0.5) is 0 Å². The molecular weight excluding hydrogens is 204 g/mol. The van der Waals surface area contributed by atoms with Gasteiger partial charge < -0.3 is 0 Å². The molecule has 0 heterocycles. The van der Waals surface area contributed by atoms with Crippen molar-refractivity contribution in [2.24, 2.45) is 0 Å². The van der Waals surface area contributed by atoms with Crippen LogP contribution in [0.15, 0.2) is 12.2 Å². The molecule has 0 aromatic rings. The monoisotopic (exact) mass is 218 g/mol. The molecule has 0 rings (SSSR count). The van der Waals surface area contributed by atoms with Crippen molar-refractivity contribution in [3.05, 3.63) is 12.2 Å². The Bertz CT molecular complexity index is 110. The average molecular weight is 219 g/mol. The van der Waals surface area contributed by atoms with E-state index in [9.17, 15) is 4.79 Å². The topological polar surface area (TPSA) is 17.1 Å². The molecular formula is C9H15BrO. The Morgan fingerprint density at radius 3 is 2.45 bits per heavy atom. The second-order valence-electron chi connectivity index (χ2n) is 2.46. The summed E-state index contributed by atoms with van der Waals surface area (Å²) in [5, 5.41) is 1.11. The van der Waals surface area contributed by atoms with Gasteiger partial charge in [-0.2, -0.15) is 0 Å². The molecule has 64 valence electrons. The third-order valence-corrected chi connectivity index (χ3v) is 2.03. The largest absolute Gasteiger partial charge is 0.299 e. The lowest BCUT2D eigenvalue weighted by atomic mass is 10.1. The molecule has 11 heavy (non-hydrogen) atoms. The molecule has 0 aliphatic carbocycles. The molecule has 0 bridgehead atoms. The van der Waals surface area contributed by atoms with Gasteiger partial charge in [0.15, 0.2) is 0 Å². The molecule has 0 aliphatic rings. The molecule has 0 unspecified atom stereocenters. The zero-order chi connectivity index (χ0) is 8.36. The number of alkyl halides is 1. The van der Waals surface area contributed by atoms with E-state index >= 15 is 0 Å². The van der Waals surface area contributed by atoms with E-state index in [0.717, 1.165) is 18.0 Å². The summed E-state index contributed by atoms with van der Waals surface area (Å²) in [6.07, 6.45) is 10.4. The van der Waals surface area contributed by atoms with Crippen LogP contribution >= 0.6 is 15.9 Å². The van der Waals surface area contributed by atoms with Crippen LogP contribution in [0.25, 0.3) is 0 Å². The molecule has 0 aliphatic heterocycles. The Morgan fingerprint density at radius 1 is 1.09 bits per heavy atom. The van der Waals surface area contributed by atoms with Gasteiger partial charge in [0.05, 0.1) is 0 Å². The normalized spacial score (nSPS) is 10.6. The Kier molecular flexibility index (Phi) is 9.79. The Hall–Kier alpha value is -0.110. The molecule has 0 saturated carbocycles. The maximum Gasteiger partial charge on any atom is 0.142 e. The first-order chi connectivity index (χ1) is 5.41. The second kappa shape index (κ2) is 9.89. The number of carbonyl (C=O) groups excluding carboxylic acids is 1. The minimum absolute atomic E-state index is 0.832. The van der Waals surface area contributed by atoms with Gasteiger partial charge in [0.1, 0.15) is 6.29 Å². The van der Waals surface area contributed by atoms with Crippen LogP contribution in [0.1, 0.15) is 32.1 Å². The number of hydrogen-bond donors (Lipinski definition) is 0. The van der Waals surface area contributed by atoms with E-state index in [0.29, 0.717) is 0 Å². The number of unbranched alkanes of at least 4 members (excludes halogenated alkanes) is 4. The molecule has 0 atom stereocenters. The third-order valence-electron chi connectivity index (χ3n) is 1.47. The van der Waals surface area contributed by atoms with Crippen LogP contribution in [-0.2, 0) is 4.79 Å². The van der Waals surface area contributed by atoms with Gasteiger partial charge in [0.2, 0.25) is 0 Å². The van der Waals surface area contributed by atoms with Crippen molar-refractivity contribution < 1.29 is 4.79 Å². The number of halogens is 1. The van der Waals surface area contributed by atoms with Crippen molar-refractivity contribution in [1.29, 1.82) is 0 Å². The molecule has 0 aromatic heterocycles. The molecule has 0 radical (unpaired) electrons. The highest BCUT2D eigenvalue weighted by molar-refractivity contribution is 9.09. The van der Waals surface area contributed by atoms with Crippen LogP contribution in [0.3, 0.4) is 0 Å². The SMILES string of the molecule is O=C/C=C\CCCCCCBr. The summed E-state index contributed by atoms with van der Waals surface area (Å²) < 4.78 is 0. The van der Waals surface area contributed by atoms with Crippen LogP contribution in [0.5, 0.6) is 0 Å². The predicted octanol–water partition coefficient (Wildman–Crippen LogP) is 3.09. The lowest BCUT2D eigenvalue weighted by Crippen LogP contribution is -1.77. The van der Waals surface area contributed by atoms with E-state index in [-0.39, 0.29) is 0 Å². The zero-order valence-electron chi connectivity index (χ0n) is 6.76. The molecule has 1 nitrogen and oxygen atoms in total. The highest BCUT2D eigenvalue weighted by Gasteiger charge is 1.85. The third kappa shape index (κ3) is 9.89. The molecule has 0 amide bonds. The number of carbonyl (C=O) groups is 1. The van der Waals surface area contributed by atoms with E-state index in [1.165, 1.54) is 25.7 Å². The van der Waals surface area contributed by atoms with Crippen molar-refractivity contribution >= 4 is 22.2 Å². The number of hydrogen-bond acceptors (Lipinski definition) is 1. The summed E-state index contributed by atoms with van der Waals surface area (Å²) in [6.45, 7) is 0. The van der Waals surface area contributed by atoms with Crippen molar-refractivity contribution in [1.82, 2.24) is 0 Å². The lowest BCUT2D eigenvalue weighted by Gasteiger charge is -1.94. The van der Waals surface area contributed by atoms with Gasteiger partial charge in [-0.15, -0.1) is 0 Å². The summed E-state index contributed by atoms with van der Waals surface area (Å²) in [5.41, 5.74) is 0. The maximum atomic E-state index is 9.85. The minimum atomic E-state index is 0.832. The van der Waals surface area contributed by atoms with Gasteiger partial charge in [-0.25, -0.2) is 0 Å². The van der Waals surface area contributed by atoms with Crippen molar-refractivity contribution in [3.63, 3.8) is 0 Å². The Morgan fingerprint density at radius 2 is 1.82 bits per heavy atom. The van der Waals surface area contributed by atoms with E-state index in [1.54, 1.807) is 6.08 Å². The summed E-state index contributed by atoms with van der Waals surface area (Å²) in [5.74, 6) is 0. The summed E-state index contributed by atoms with van der Waals surface area (Å²) >= 11 is 3.38. The van der Waals surface area contributed by atoms with Crippen LogP contribution in [0.2, 0.25) is 0 Å². The Labute approximate surface area is 77.0 Å². The van der Waals surface area contributed by atoms with E-state index < -0.39 is 0 Å². The van der Waals surface area contributed by atoms with Gasteiger partial charge in [0.25, 0.3) is 0 Å². The van der Waals surface area contributed by atoms with Gasteiger partial charge in [-0.1, -0.05) is 34.8 Å². The van der Waals surface area contributed by atoms with Crippen LogP contribution in [-0.4, -0.2) is 11.6 Å². The van der Waals surface area contributed by atoms with E-state index in [2.05, 4.69) is 15.9 Å². The Balaban J connectivity index is 2.90. The number of allylic oxidation sites excluding steroid dienone is 2. The molecule has 0 spiro atoms. The minimum Gasteiger partial charge on any atom is -0.299 e. The average Bonchev–Trinajstić information content (AvgIpc) is 2.03. The van der Waals surface area contributed by atoms with Crippen molar-refractivity contribution in [2.45, 2.75) is 32.1 Å². The van der Waals surface area contributed by atoms with E-state index in [1.807, 2.05) is 6.08 Å². The number of aldehydes is 1. The highest BCUT2D eigenvalue weighted by Crippen LogP contribution is 2.04. The molecule has 0 N–H and O–H groups in total. The summed E-state index contributed by atoms with van der Waals surface area (Å²) in [4.78, 5) is 9.85. The van der Waals surface area contributed by atoms with E-state index in [4.69, 9.17) is 0 Å². The molecule has 0 saturated heterocycles. The predicted molar refractivity (Wildman–Crippen MR) is 52.1 cm³/mol. The molecule has 0 aromatic carbocycles. The maximum absolute atomic E-state index is 9.85. The second-order valence-corrected chi connectivity index (χ2v) is 3.25. The van der Waals surface area contributed by atoms with Crippen molar-refractivity contribution in [2.75, 3.05) is 5.33 Å². The first-order valence-electron chi connectivity index (χ1n) is 4.08. The summed E-state index contributed by atoms with van der Waals surface area (Å²) in [7, 11) is 0. The first kappa shape index (κ1) is 10.9. The fourth-order valence-electron chi connectivity index (χ4n) is 0.862. The fourth-order valence-corrected chi connectivity index (χ4v) is 1.26. The fraction of sp³-hybridized carbons (Fsp3) is 0.667. The van der Waals surface area contributed by atoms with Crippen molar-refractivity contribution in [3.8, 4) is 0 Å². The number of rotatable bonds is 7. The summed E-state index contributed by atoms with van der Waals surface area (Å²) in [6, 6.07) is 0. The van der Waals surface area contributed by atoms with Gasteiger partial charge in [-0.05, 0) is 25.3 Å². The van der Waals surface area contributed by atoms with Gasteiger partial charge in [-0.3, -0.25) is 4.79 Å². The first-order valence-corrected chi connectivity index (χ1v) is 5.20. The van der Waals surface area contributed by atoms with Gasteiger partial charge in [0, 0.05) is 5.33 Å². The van der Waals surface area contributed by atoms with Crippen LogP contribution in [0, 0.1) is 0 Å². The van der Waals surface area contributed by atoms with Crippen LogP contribution < -0.4 is 0 Å². The quantitative estimate of drug-likeness (QED) is 0.278. The highest BCUT2D eigenvalue weighted by atomic mass is 79.9. The standard InChI is InChI=1S/C9H15BrO/c10-8-6-4-2-1-3-5-7-9-11/h5,7,9H,1-4,6,8H2/b7-5-. The smallest absolute Gasteiger partial charge is 0.142 e. The lowest BCUT2D eigenvalue weighted by molar-refractivity contribution is -0.104.